The third-order valence-electron chi connectivity index (χ3n) is 2.92. The van der Waals surface area contributed by atoms with Crippen molar-refractivity contribution in [3.05, 3.63) is 58.5 Å². The Labute approximate surface area is 112 Å². The second-order valence-electron chi connectivity index (χ2n) is 4.43. The Morgan fingerprint density at radius 3 is 2.74 bits per heavy atom. The molecule has 0 spiro atoms. The summed E-state index contributed by atoms with van der Waals surface area (Å²) in [5, 5.41) is 12.9. The minimum absolute atomic E-state index is 0.00922. The predicted molar refractivity (Wildman–Crippen MR) is 76.4 cm³/mol. The zero-order chi connectivity index (χ0) is 13.7. The molecule has 0 radical (unpaired) electrons. The lowest BCUT2D eigenvalue weighted by atomic mass is 10.2. The first-order chi connectivity index (χ1) is 9.20. The zero-order valence-electron chi connectivity index (χ0n) is 11.0. The zero-order valence-corrected chi connectivity index (χ0v) is 11.0. The third-order valence-corrected chi connectivity index (χ3v) is 2.92. The van der Waals surface area contributed by atoms with Crippen molar-refractivity contribution in [3.8, 4) is 5.75 Å². The van der Waals surface area contributed by atoms with Crippen LogP contribution in [0.5, 0.6) is 5.75 Å². The standard InChI is InChI=1S/C15H18N2O2/c1-2-9-17-11-13(7-8-15(17)19)16-10-12-5-3-4-6-14(12)18/h3-8,11,16,18H,2,9-10H2,1H3. The first-order valence-corrected chi connectivity index (χ1v) is 6.42. The number of benzene rings is 1. The molecular formula is C15H18N2O2. The Morgan fingerprint density at radius 1 is 1.21 bits per heavy atom. The molecule has 4 heteroatoms. The summed E-state index contributed by atoms with van der Waals surface area (Å²) in [6, 6.07) is 10.5. The highest BCUT2D eigenvalue weighted by atomic mass is 16.3. The van der Waals surface area contributed by atoms with E-state index in [0.29, 0.717) is 13.1 Å². The maximum absolute atomic E-state index is 11.6. The molecule has 2 aromatic rings. The first-order valence-electron chi connectivity index (χ1n) is 6.42. The molecule has 0 fully saturated rings. The number of nitrogens with one attached hydrogen (secondary N) is 1. The number of nitrogens with zero attached hydrogens (tertiary/aromatic N) is 1. The fraction of sp³-hybridized carbons (Fsp3) is 0.267. The molecule has 0 aliphatic rings. The summed E-state index contributed by atoms with van der Waals surface area (Å²) in [6.45, 7) is 3.27. The molecule has 0 bridgehead atoms. The molecule has 100 valence electrons. The third kappa shape index (κ3) is 3.37. The lowest BCUT2D eigenvalue weighted by molar-refractivity contribution is 0.469. The van der Waals surface area contributed by atoms with Gasteiger partial charge in [0.2, 0.25) is 0 Å². The van der Waals surface area contributed by atoms with Crippen LogP contribution >= 0.6 is 0 Å². The minimum atomic E-state index is 0.00922. The normalized spacial score (nSPS) is 10.4. The molecule has 0 amide bonds. The van der Waals surface area contributed by atoms with Gasteiger partial charge < -0.3 is 15.0 Å². The van der Waals surface area contributed by atoms with Crippen molar-refractivity contribution >= 4 is 5.69 Å². The molecule has 0 atom stereocenters. The maximum Gasteiger partial charge on any atom is 0.250 e. The van der Waals surface area contributed by atoms with Gasteiger partial charge in [-0.3, -0.25) is 4.79 Å². The number of anilines is 1. The fourth-order valence-electron chi connectivity index (χ4n) is 1.91. The van der Waals surface area contributed by atoms with Gasteiger partial charge >= 0.3 is 0 Å². The smallest absolute Gasteiger partial charge is 0.250 e. The number of hydrogen-bond acceptors (Lipinski definition) is 3. The fourth-order valence-corrected chi connectivity index (χ4v) is 1.91. The molecule has 19 heavy (non-hydrogen) atoms. The van der Waals surface area contributed by atoms with Crippen LogP contribution in [0.25, 0.3) is 0 Å². The van der Waals surface area contributed by atoms with Gasteiger partial charge in [-0.25, -0.2) is 0 Å². The van der Waals surface area contributed by atoms with Crippen molar-refractivity contribution in [1.29, 1.82) is 0 Å². The van der Waals surface area contributed by atoms with E-state index in [4.69, 9.17) is 0 Å². The monoisotopic (exact) mass is 258 g/mol. The summed E-state index contributed by atoms with van der Waals surface area (Å²) < 4.78 is 1.69. The van der Waals surface area contributed by atoms with Gasteiger partial charge in [0.15, 0.2) is 0 Å². The van der Waals surface area contributed by atoms with E-state index < -0.39 is 0 Å². The summed E-state index contributed by atoms with van der Waals surface area (Å²) in [5.41, 5.74) is 1.71. The van der Waals surface area contributed by atoms with Gasteiger partial charge in [-0.15, -0.1) is 0 Å². The number of phenolic OH excluding ortho intramolecular Hbond substituents is 1. The summed E-state index contributed by atoms with van der Waals surface area (Å²) in [6.07, 6.45) is 2.73. The van der Waals surface area contributed by atoms with E-state index in [-0.39, 0.29) is 11.3 Å². The Morgan fingerprint density at radius 2 is 2.00 bits per heavy atom. The molecule has 0 saturated carbocycles. The second-order valence-corrected chi connectivity index (χ2v) is 4.43. The molecule has 0 aliphatic heterocycles. The summed E-state index contributed by atoms with van der Waals surface area (Å²) >= 11 is 0. The summed E-state index contributed by atoms with van der Waals surface area (Å²) in [4.78, 5) is 11.6. The number of aryl methyl sites for hydroxylation is 1. The number of para-hydroxylation sites is 1. The van der Waals surface area contributed by atoms with Crippen molar-refractivity contribution in [2.24, 2.45) is 0 Å². The van der Waals surface area contributed by atoms with Crippen LogP contribution in [0.3, 0.4) is 0 Å². The molecule has 4 nitrogen and oxygen atoms in total. The van der Waals surface area contributed by atoms with E-state index in [9.17, 15) is 9.90 Å². The second kappa shape index (κ2) is 6.09. The highest BCUT2D eigenvalue weighted by molar-refractivity contribution is 5.43. The van der Waals surface area contributed by atoms with Gasteiger partial charge in [0.25, 0.3) is 5.56 Å². The summed E-state index contributed by atoms with van der Waals surface area (Å²) in [7, 11) is 0. The molecule has 0 unspecified atom stereocenters. The Hall–Kier alpha value is -2.23. The predicted octanol–water partition coefficient (Wildman–Crippen LogP) is 2.58. The average Bonchev–Trinajstić information content (AvgIpc) is 2.41. The van der Waals surface area contributed by atoms with Crippen LogP contribution < -0.4 is 10.9 Å². The van der Waals surface area contributed by atoms with Gasteiger partial charge in [-0.1, -0.05) is 25.1 Å². The van der Waals surface area contributed by atoms with E-state index in [1.54, 1.807) is 28.8 Å². The lowest BCUT2D eigenvalue weighted by Crippen LogP contribution is -2.18. The van der Waals surface area contributed by atoms with Crippen molar-refractivity contribution < 1.29 is 5.11 Å². The van der Waals surface area contributed by atoms with Gasteiger partial charge in [0, 0.05) is 30.9 Å². The van der Waals surface area contributed by atoms with E-state index >= 15 is 0 Å². The first kappa shape index (κ1) is 13.2. The topological polar surface area (TPSA) is 54.3 Å². The highest BCUT2D eigenvalue weighted by Gasteiger charge is 2.01. The SMILES string of the molecule is CCCn1cc(NCc2ccccc2O)ccc1=O. The van der Waals surface area contributed by atoms with Crippen LogP contribution in [0.4, 0.5) is 5.69 Å². The Balaban J connectivity index is 2.10. The van der Waals surface area contributed by atoms with E-state index in [1.165, 1.54) is 0 Å². The molecule has 0 saturated heterocycles. The molecular weight excluding hydrogens is 240 g/mol. The Bertz CT molecular complexity index is 605. The molecule has 0 aliphatic carbocycles. The Kier molecular flexibility index (Phi) is 4.23. The molecule has 2 rings (SSSR count). The number of hydrogen-bond donors (Lipinski definition) is 2. The number of rotatable bonds is 5. The molecule has 1 aromatic carbocycles. The average molecular weight is 258 g/mol. The van der Waals surface area contributed by atoms with Crippen molar-refractivity contribution in [3.63, 3.8) is 0 Å². The van der Waals surface area contributed by atoms with Crippen molar-refractivity contribution in [1.82, 2.24) is 4.57 Å². The lowest BCUT2D eigenvalue weighted by Gasteiger charge is -2.10. The van der Waals surface area contributed by atoms with E-state index in [0.717, 1.165) is 17.7 Å². The van der Waals surface area contributed by atoms with Crippen LogP contribution in [-0.2, 0) is 13.1 Å². The molecule has 1 heterocycles. The number of aromatic hydroxyl groups is 1. The highest BCUT2D eigenvalue weighted by Crippen LogP contribution is 2.17. The van der Waals surface area contributed by atoms with E-state index in [1.807, 2.05) is 25.3 Å². The van der Waals surface area contributed by atoms with Crippen molar-refractivity contribution in [2.45, 2.75) is 26.4 Å². The van der Waals surface area contributed by atoms with Crippen LogP contribution in [0.2, 0.25) is 0 Å². The summed E-state index contributed by atoms with van der Waals surface area (Å²) in [5.74, 6) is 0.275. The van der Waals surface area contributed by atoms with Gasteiger partial charge in [-0.2, -0.15) is 0 Å². The number of phenols is 1. The van der Waals surface area contributed by atoms with Gasteiger partial charge in [0.1, 0.15) is 5.75 Å². The molecule has 1 aromatic heterocycles. The van der Waals surface area contributed by atoms with Crippen molar-refractivity contribution in [2.75, 3.05) is 5.32 Å². The van der Waals surface area contributed by atoms with Gasteiger partial charge in [0.05, 0.1) is 5.69 Å². The largest absolute Gasteiger partial charge is 0.508 e. The van der Waals surface area contributed by atoms with Crippen LogP contribution in [0.15, 0.2) is 47.4 Å². The van der Waals surface area contributed by atoms with Crippen LogP contribution in [0, 0.1) is 0 Å². The van der Waals surface area contributed by atoms with E-state index in [2.05, 4.69) is 5.32 Å². The maximum atomic E-state index is 11.6. The van der Waals surface area contributed by atoms with Crippen LogP contribution in [0.1, 0.15) is 18.9 Å². The van der Waals surface area contributed by atoms with Gasteiger partial charge in [-0.05, 0) is 18.6 Å². The number of pyridine rings is 1. The number of aromatic nitrogens is 1. The minimum Gasteiger partial charge on any atom is -0.508 e. The quantitative estimate of drug-likeness (QED) is 0.866. The molecule has 2 N–H and O–H groups in total. The van der Waals surface area contributed by atoms with Crippen LogP contribution in [-0.4, -0.2) is 9.67 Å².